The highest BCUT2D eigenvalue weighted by Crippen LogP contribution is 2.23. The van der Waals surface area contributed by atoms with E-state index in [1.54, 1.807) is 14.0 Å². The van der Waals surface area contributed by atoms with E-state index in [2.05, 4.69) is 15.3 Å². The summed E-state index contributed by atoms with van der Waals surface area (Å²) in [6.07, 6.45) is 0.628. The maximum Gasteiger partial charge on any atom is 0.237 e. The molecule has 0 aromatic carbocycles. The highest BCUT2D eigenvalue weighted by molar-refractivity contribution is 5.85. The first-order valence-corrected chi connectivity index (χ1v) is 6.25. The molecule has 5 N–H and O–H groups in total. The number of rotatable bonds is 7. The van der Waals surface area contributed by atoms with Crippen LogP contribution in [-0.4, -0.2) is 41.9 Å². The van der Waals surface area contributed by atoms with E-state index in [-0.39, 0.29) is 13.1 Å². The number of carbonyl (C=O) groups excluding carboxylic acids is 2. The third-order valence-electron chi connectivity index (χ3n) is 2.71. The fraction of sp³-hybridized carbons (Fsp3) is 0.500. The molecular formula is C12H20N6O2. The Hall–Kier alpha value is -2.38. The molecule has 0 aliphatic heterocycles. The molecule has 0 unspecified atom stereocenters. The van der Waals surface area contributed by atoms with Crippen molar-refractivity contribution in [3.63, 3.8) is 0 Å². The number of nitrogens with one attached hydrogen (secondary N) is 1. The molecule has 110 valence electrons. The van der Waals surface area contributed by atoms with Crippen LogP contribution in [0.5, 0.6) is 0 Å². The van der Waals surface area contributed by atoms with E-state index in [9.17, 15) is 9.59 Å². The average Bonchev–Trinajstić information content (AvgIpc) is 2.37. The van der Waals surface area contributed by atoms with Crippen LogP contribution in [-0.2, 0) is 16.0 Å². The lowest BCUT2D eigenvalue weighted by molar-refractivity contribution is -0.117. The zero-order valence-corrected chi connectivity index (χ0v) is 11.9. The second-order valence-corrected chi connectivity index (χ2v) is 4.33. The van der Waals surface area contributed by atoms with Crippen LogP contribution >= 0.6 is 0 Å². The Kier molecular flexibility index (Phi) is 5.24. The molecule has 1 aromatic heterocycles. The number of amides is 2. The van der Waals surface area contributed by atoms with Crippen molar-refractivity contribution in [1.29, 1.82) is 0 Å². The van der Waals surface area contributed by atoms with Gasteiger partial charge in [-0.3, -0.25) is 9.59 Å². The summed E-state index contributed by atoms with van der Waals surface area (Å²) in [6.45, 7) is 3.45. The van der Waals surface area contributed by atoms with Gasteiger partial charge in [0.15, 0.2) is 0 Å². The molecule has 0 aliphatic carbocycles. The van der Waals surface area contributed by atoms with Crippen LogP contribution in [0.3, 0.4) is 0 Å². The van der Waals surface area contributed by atoms with Crippen molar-refractivity contribution in [3.05, 3.63) is 11.4 Å². The minimum Gasteiger partial charge on any atom is -0.373 e. The number of hydrogen-bond donors (Lipinski definition) is 3. The predicted molar refractivity (Wildman–Crippen MR) is 76.3 cm³/mol. The van der Waals surface area contributed by atoms with Gasteiger partial charge in [-0.2, -0.15) is 0 Å². The van der Waals surface area contributed by atoms with E-state index < -0.39 is 11.8 Å². The summed E-state index contributed by atoms with van der Waals surface area (Å²) in [4.78, 5) is 32.5. The minimum atomic E-state index is -0.562. The number of carbonyl (C=O) groups is 2. The molecule has 2 amide bonds. The number of aromatic nitrogens is 2. The smallest absolute Gasteiger partial charge is 0.237 e. The molecule has 8 nitrogen and oxygen atoms in total. The maximum absolute atomic E-state index is 11.2. The van der Waals surface area contributed by atoms with Gasteiger partial charge in [0.2, 0.25) is 11.8 Å². The Morgan fingerprint density at radius 1 is 1.20 bits per heavy atom. The van der Waals surface area contributed by atoms with Crippen LogP contribution in [0, 0.1) is 6.92 Å². The maximum atomic E-state index is 11.2. The Morgan fingerprint density at radius 3 is 2.15 bits per heavy atom. The standard InChI is InChI=1S/C12H20N6O2/c1-4-10-16-11(15-3)7(2)12(17-10)18(5-8(13)19)6-9(14)20/h4-6H2,1-3H3,(H2,13,19)(H2,14,20)(H,15,16,17). The fourth-order valence-electron chi connectivity index (χ4n) is 1.84. The lowest BCUT2D eigenvalue weighted by Gasteiger charge is -2.23. The normalized spacial score (nSPS) is 10.2. The van der Waals surface area contributed by atoms with Crippen molar-refractivity contribution < 1.29 is 9.59 Å². The molecular weight excluding hydrogens is 260 g/mol. The molecule has 20 heavy (non-hydrogen) atoms. The van der Waals surface area contributed by atoms with Crippen LogP contribution in [0.4, 0.5) is 11.6 Å². The van der Waals surface area contributed by atoms with Crippen molar-refractivity contribution in [3.8, 4) is 0 Å². The third kappa shape index (κ3) is 3.81. The Bertz CT molecular complexity index is 501. The van der Waals surface area contributed by atoms with E-state index in [1.165, 1.54) is 4.90 Å². The number of hydrogen-bond acceptors (Lipinski definition) is 6. The van der Waals surface area contributed by atoms with Gasteiger partial charge in [-0.05, 0) is 6.92 Å². The van der Waals surface area contributed by atoms with E-state index in [0.717, 1.165) is 5.56 Å². The van der Waals surface area contributed by atoms with Gasteiger partial charge in [-0.15, -0.1) is 0 Å². The summed E-state index contributed by atoms with van der Waals surface area (Å²) < 4.78 is 0. The molecule has 1 rings (SSSR count). The molecule has 0 bridgehead atoms. The molecule has 0 fully saturated rings. The number of primary amides is 2. The van der Waals surface area contributed by atoms with Crippen molar-refractivity contribution in [1.82, 2.24) is 9.97 Å². The second kappa shape index (κ2) is 6.69. The van der Waals surface area contributed by atoms with Gasteiger partial charge in [0.1, 0.15) is 17.5 Å². The number of aryl methyl sites for hydroxylation is 1. The zero-order chi connectivity index (χ0) is 15.3. The Balaban J connectivity index is 3.29. The van der Waals surface area contributed by atoms with Gasteiger partial charge in [0.25, 0.3) is 0 Å². The SMILES string of the molecule is CCc1nc(NC)c(C)c(N(CC(N)=O)CC(N)=O)n1. The average molecular weight is 280 g/mol. The monoisotopic (exact) mass is 280 g/mol. The highest BCUT2D eigenvalue weighted by Gasteiger charge is 2.19. The van der Waals surface area contributed by atoms with Crippen molar-refractivity contribution >= 4 is 23.5 Å². The number of nitrogens with zero attached hydrogens (tertiary/aromatic N) is 3. The Labute approximate surface area is 117 Å². The fourth-order valence-corrected chi connectivity index (χ4v) is 1.84. The number of nitrogens with two attached hydrogens (primary N) is 2. The molecule has 0 saturated heterocycles. The third-order valence-corrected chi connectivity index (χ3v) is 2.71. The van der Waals surface area contributed by atoms with Crippen LogP contribution in [0.15, 0.2) is 0 Å². The van der Waals surface area contributed by atoms with Gasteiger partial charge in [-0.25, -0.2) is 9.97 Å². The molecule has 0 atom stereocenters. The van der Waals surface area contributed by atoms with Gasteiger partial charge < -0.3 is 21.7 Å². The summed E-state index contributed by atoms with van der Waals surface area (Å²) >= 11 is 0. The lowest BCUT2D eigenvalue weighted by Crippen LogP contribution is -2.40. The van der Waals surface area contributed by atoms with Gasteiger partial charge in [0.05, 0.1) is 13.1 Å². The summed E-state index contributed by atoms with van der Waals surface area (Å²) in [5.41, 5.74) is 11.1. The summed E-state index contributed by atoms with van der Waals surface area (Å²) in [6, 6.07) is 0. The molecule has 0 spiro atoms. The van der Waals surface area contributed by atoms with Crippen molar-refractivity contribution in [2.45, 2.75) is 20.3 Å². The van der Waals surface area contributed by atoms with Gasteiger partial charge in [0, 0.05) is 19.0 Å². The quantitative estimate of drug-likeness (QED) is 0.598. The predicted octanol–water partition coefficient (Wildman–Crippen LogP) is -0.834. The summed E-state index contributed by atoms with van der Waals surface area (Å²) in [7, 11) is 1.74. The zero-order valence-electron chi connectivity index (χ0n) is 11.9. The first-order valence-electron chi connectivity index (χ1n) is 6.25. The molecule has 8 heteroatoms. The van der Waals surface area contributed by atoms with Gasteiger partial charge in [-0.1, -0.05) is 6.92 Å². The van der Waals surface area contributed by atoms with E-state index in [1.807, 2.05) is 6.92 Å². The van der Waals surface area contributed by atoms with Crippen molar-refractivity contribution in [2.75, 3.05) is 30.4 Å². The number of anilines is 2. The van der Waals surface area contributed by atoms with Crippen LogP contribution in [0.25, 0.3) is 0 Å². The van der Waals surface area contributed by atoms with E-state index in [0.29, 0.717) is 23.9 Å². The Morgan fingerprint density at radius 2 is 1.75 bits per heavy atom. The molecule has 0 aliphatic rings. The summed E-state index contributed by atoms with van der Waals surface area (Å²) in [5.74, 6) is 0.611. The molecule has 0 saturated carbocycles. The largest absolute Gasteiger partial charge is 0.373 e. The molecule has 1 heterocycles. The lowest BCUT2D eigenvalue weighted by atomic mass is 10.2. The van der Waals surface area contributed by atoms with E-state index >= 15 is 0 Å². The van der Waals surface area contributed by atoms with Crippen LogP contribution in [0.2, 0.25) is 0 Å². The second-order valence-electron chi connectivity index (χ2n) is 4.33. The van der Waals surface area contributed by atoms with E-state index in [4.69, 9.17) is 11.5 Å². The molecule has 1 aromatic rings. The van der Waals surface area contributed by atoms with Crippen LogP contribution < -0.4 is 21.7 Å². The van der Waals surface area contributed by atoms with Gasteiger partial charge >= 0.3 is 0 Å². The topological polar surface area (TPSA) is 127 Å². The van der Waals surface area contributed by atoms with Crippen LogP contribution in [0.1, 0.15) is 18.3 Å². The molecule has 0 radical (unpaired) electrons. The minimum absolute atomic E-state index is 0.132. The first-order chi connectivity index (χ1) is 9.38. The summed E-state index contributed by atoms with van der Waals surface area (Å²) in [5, 5.41) is 2.96. The highest BCUT2D eigenvalue weighted by atomic mass is 16.2. The first kappa shape index (κ1) is 15.7. The van der Waals surface area contributed by atoms with Crippen molar-refractivity contribution in [2.24, 2.45) is 11.5 Å².